The lowest BCUT2D eigenvalue weighted by atomic mass is 10.2. The molecular weight excluding hydrogens is 378 g/mol. The van der Waals surface area contributed by atoms with E-state index in [1.807, 2.05) is 25.1 Å². The molecule has 0 aliphatic carbocycles. The van der Waals surface area contributed by atoms with Gasteiger partial charge in [0.05, 0.1) is 42.2 Å². The lowest BCUT2D eigenvalue weighted by Crippen LogP contribution is -2.19. The number of thiophene rings is 1. The molecule has 3 aromatic heterocycles. The summed E-state index contributed by atoms with van der Waals surface area (Å²) < 4.78 is 12.7. The molecule has 28 heavy (non-hydrogen) atoms. The molecule has 8 nitrogen and oxygen atoms in total. The Balaban J connectivity index is 2.04. The first-order valence-electron chi connectivity index (χ1n) is 8.44. The van der Waals surface area contributed by atoms with Gasteiger partial charge in [0.2, 0.25) is 0 Å². The largest absolute Gasteiger partial charge is 0.495 e. The number of pyridine rings is 1. The molecule has 0 atom stereocenters. The maximum absolute atomic E-state index is 13.3. The Morgan fingerprint density at radius 2 is 1.89 bits per heavy atom. The maximum atomic E-state index is 13.3. The van der Waals surface area contributed by atoms with E-state index in [1.54, 1.807) is 18.3 Å². The number of fused-ring (bicyclic) bond motifs is 3. The van der Waals surface area contributed by atoms with E-state index in [0.717, 1.165) is 15.9 Å². The molecule has 4 aromatic rings. The molecular formula is C19H19N5O3S. The summed E-state index contributed by atoms with van der Waals surface area (Å²) in [5.41, 5.74) is 8.29. The van der Waals surface area contributed by atoms with Crippen LogP contribution in [-0.4, -0.2) is 42.8 Å². The third-order valence-electron chi connectivity index (χ3n) is 4.53. The first-order valence-corrected chi connectivity index (χ1v) is 9.26. The van der Waals surface area contributed by atoms with Crippen molar-refractivity contribution in [3.8, 4) is 17.2 Å². The minimum absolute atomic E-state index is 0.206. The van der Waals surface area contributed by atoms with Crippen LogP contribution in [0.1, 0.15) is 0 Å². The maximum Gasteiger partial charge on any atom is 0.276 e. The molecule has 0 radical (unpaired) electrons. The van der Waals surface area contributed by atoms with Gasteiger partial charge in [-0.1, -0.05) is 0 Å². The van der Waals surface area contributed by atoms with Crippen LogP contribution >= 0.6 is 11.3 Å². The molecule has 2 N–H and O–H groups in total. The standard InChI is InChI=1S/C19H19N5O3S/c1-23(2)11-5-6-21-18-15(11)16-17(28-18)19(25)24(9-22-16)12-8-13(26-3)10(20)7-14(12)27-4/h5-9H,20H2,1-4H3. The lowest BCUT2D eigenvalue weighted by molar-refractivity contribution is 0.403. The summed E-state index contributed by atoms with van der Waals surface area (Å²) >= 11 is 1.32. The van der Waals surface area contributed by atoms with E-state index in [1.165, 1.54) is 36.5 Å². The minimum Gasteiger partial charge on any atom is -0.495 e. The highest BCUT2D eigenvalue weighted by Crippen LogP contribution is 2.36. The number of benzene rings is 1. The second-order valence-corrected chi connectivity index (χ2v) is 7.37. The zero-order valence-corrected chi connectivity index (χ0v) is 16.7. The van der Waals surface area contributed by atoms with Gasteiger partial charge in [0.25, 0.3) is 5.56 Å². The van der Waals surface area contributed by atoms with Gasteiger partial charge in [-0.05, 0) is 6.07 Å². The topological polar surface area (TPSA) is 95.5 Å². The average Bonchev–Trinajstić information content (AvgIpc) is 3.08. The SMILES string of the molecule is COc1cc(-n2cnc3c(sc4nccc(N(C)C)c43)c2=O)c(OC)cc1N. The molecule has 0 fully saturated rings. The molecule has 0 spiro atoms. The monoisotopic (exact) mass is 397 g/mol. The van der Waals surface area contributed by atoms with Crippen LogP contribution in [0.25, 0.3) is 26.1 Å². The molecule has 0 saturated carbocycles. The van der Waals surface area contributed by atoms with Crippen molar-refractivity contribution >= 4 is 43.1 Å². The van der Waals surface area contributed by atoms with E-state index in [0.29, 0.717) is 33.1 Å². The summed E-state index contributed by atoms with van der Waals surface area (Å²) in [7, 11) is 6.94. The van der Waals surface area contributed by atoms with Crippen LogP contribution < -0.4 is 25.7 Å². The molecule has 4 rings (SSSR count). The molecule has 3 heterocycles. The van der Waals surface area contributed by atoms with Crippen molar-refractivity contribution in [1.82, 2.24) is 14.5 Å². The summed E-state index contributed by atoms with van der Waals surface area (Å²) in [6, 6.07) is 5.21. The minimum atomic E-state index is -0.206. The van der Waals surface area contributed by atoms with E-state index >= 15 is 0 Å². The number of hydrogen-bond acceptors (Lipinski definition) is 8. The zero-order chi connectivity index (χ0) is 20.0. The second-order valence-electron chi connectivity index (χ2n) is 6.37. The number of hydrogen-bond donors (Lipinski definition) is 1. The van der Waals surface area contributed by atoms with Crippen molar-refractivity contribution in [2.75, 3.05) is 38.9 Å². The van der Waals surface area contributed by atoms with Gasteiger partial charge < -0.3 is 20.1 Å². The fourth-order valence-electron chi connectivity index (χ4n) is 3.17. The normalized spacial score (nSPS) is 11.1. The smallest absolute Gasteiger partial charge is 0.276 e. The Morgan fingerprint density at radius 1 is 1.14 bits per heavy atom. The summed E-state index contributed by atoms with van der Waals surface area (Å²) in [6.45, 7) is 0. The van der Waals surface area contributed by atoms with Crippen molar-refractivity contribution in [3.63, 3.8) is 0 Å². The molecule has 0 unspecified atom stereocenters. The predicted octanol–water partition coefficient (Wildman–Crippen LogP) is 2.66. The Morgan fingerprint density at radius 3 is 2.57 bits per heavy atom. The van der Waals surface area contributed by atoms with Crippen LogP contribution in [0, 0.1) is 0 Å². The molecule has 0 bridgehead atoms. The number of methoxy groups -OCH3 is 2. The van der Waals surface area contributed by atoms with Crippen molar-refractivity contribution in [2.24, 2.45) is 0 Å². The number of aromatic nitrogens is 3. The third kappa shape index (κ3) is 2.63. The summed E-state index contributed by atoms with van der Waals surface area (Å²) in [5.74, 6) is 0.908. The van der Waals surface area contributed by atoms with Crippen LogP contribution in [0.2, 0.25) is 0 Å². The fourth-order valence-corrected chi connectivity index (χ4v) is 4.22. The molecule has 0 amide bonds. The number of rotatable bonds is 4. The van der Waals surface area contributed by atoms with Crippen molar-refractivity contribution in [1.29, 1.82) is 0 Å². The molecule has 0 aliphatic rings. The molecule has 1 aromatic carbocycles. The Kier molecular flexibility index (Phi) is 4.31. The summed E-state index contributed by atoms with van der Waals surface area (Å²) in [6.07, 6.45) is 3.23. The van der Waals surface area contributed by atoms with E-state index in [9.17, 15) is 4.79 Å². The predicted molar refractivity (Wildman–Crippen MR) is 112 cm³/mol. The van der Waals surface area contributed by atoms with Gasteiger partial charge in [-0.25, -0.2) is 9.97 Å². The van der Waals surface area contributed by atoms with Gasteiger partial charge in [0.15, 0.2) is 0 Å². The van der Waals surface area contributed by atoms with Crippen molar-refractivity contribution < 1.29 is 9.47 Å². The van der Waals surface area contributed by atoms with Gasteiger partial charge >= 0.3 is 0 Å². The molecule has 9 heteroatoms. The Bertz CT molecular complexity index is 1260. The van der Waals surface area contributed by atoms with Gasteiger partial charge in [0, 0.05) is 32.4 Å². The Hall–Kier alpha value is -3.33. The van der Waals surface area contributed by atoms with Crippen LogP contribution in [0.5, 0.6) is 11.5 Å². The first kappa shape index (κ1) is 18.1. The number of anilines is 2. The van der Waals surface area contributed by atoms with Gasteiger partial charge in [-0.3, -0.25) is 9.36 Å². The third-order valence-corrected chi connectivity index (χ3v) is 5.61. The number of ether oxygens (including phenoxy) is 2. The average molecular weight is 397 g/mol. The highest BCUT2D eigenvalue weighted by Gasteiger charge is 2.19. The first-order chi connectivity index (χ1) is 13.5. The highest BCUT2D eigenvalue weighted by atomic mass is 32.1. The molecule has 0 saturated heterocycles. The van der Waals surface area contributed by atoms with E-state index in [2.05, 4.69) is 9.97 Å². The van der Waals surface area contributed by atoms with Crippen LogP contribution in [-0.2, 0) is 0 Å². The molecule has 0 aliphatic heterocycles. The quantitative estimate of drug-likeness (QED) is 0.529. The zero-order valence-electron chi connectivity index (χ0n) is 15.9. The van der Waals surface area contributed by atoms with Gasteiger partial charge in [-0.15, -0.1) is 11.3 Å². The molecule has 144 valence electrons. The van der Waals surface area contributed by atoms with Crippen LogP contribution in [0.3, 0.4) is 0 Å². The Labute approximate surface area is 164 Å². The number of nitrogens with zero attached hydrogens (tertiary/aromatic N) is 4. The van der Waals surface area contributed by atoms with Crippen LogP contribution in [0.15, 0.2) is 35.5 Å². The fraction of sp³-hybridized carbons (Fsp3) is 0.211. The highest BCUT2D eigenvalue weighted by molar-refractivity contribution is 7.25. The number of nitrogens with two attached hydrogens (primary N) is 1. The van der Waals surface area contributed by atoms with Crippen molar-refractivity contribution in [2.45, 2.75) is 0 Å². The van der Waals surface area contributed by atoms with E-state index < -0.39 is 0 Å². The van der Waals surface area contributed by atoms with E-state index in [-0.39, 0.29) is 5.56 Å². The van der Waals surface area contributed by atoms with E-state index in [4.69, 9.17) is 15.2 Å². The van der Waals surface area contributed by atoms with Gasteiger partial charge in [-0.2, -0.15) is 0 Å². The number of nitrogen functional groups attached to an aromatic ring is 1. The second kappa shape index (κ2) is 6.68. The summed E-state index contributed by atoms with van der Waals surface area (Å²) in [5, 5.41) is 0.874. The van der Waals surface area contributed by atoms with Gasteiger partial charge in [0.1, 0.15) is 27.4 Å². The van der Waals surface area contributed by atoms with Crippen molar-refractivity contribution in [3.05, 3.63) is 41.1 Å². The van der Waals surface area contributed by atoms with Crippen LogP contribution in [0.4, 0.5) is 11.4 Å². The lowest BCUT2D eigenvalue weighted by Gasteiger charge is -2.14. The summed E-state index contributed by atoms with van der Waals surface area (Å²) in [4.78, 5) is 25.1.